The van der Waals surface area contributed by atoms with Gasteiger partial charge in [-0.1, -0.05) is 11.3 Å². The molecule has 4 rings (SSSR count). The topological polar surface area (TPSA) is 92.8 Å². The van der Waals surface area contributed by atoms with E-state index in [9.17, 15) is 5.11 Å². The van der Waals surface area contributed by atoms with Gasteiger partial charge < -0.3 is 10.0 Å². The third-order valence-corrected chi connectivity index (χ3v) is 4.15. The third-order valence-electron chi connectivity index (χ3n) is 4.15. The summed E-state index contributed by atoms with van der Waals surface area (Å²) in [5, 5.41) is 18.5. The second-order valence-electron chi connectivity index (χ2n) is 6.04. The Labute approximate surface area is 138 Å². The number of nitrogens with zero attached hydrogens (tertiary/aromatic N) is 7. The van der Waals surface area contributed by atoms with Crippen molar-refractivity contribution in [1.29, 1.82) is 0 Å². The van der Waals surface area contributed by atoms with Gasteiger partial charge in [0, 0.05) is 25.0 Å². The molecule has 1 fully saturated rings. The number of anilines is 1. The van der Waals surface area contributed by atoms with Crippen molar-refractivity contribution in [2.75, 3.05) is 18.0 Å². The molecule has 0 unspecified atom stereocenters. The molecule has 0 aromatic carbocycles. The molecule has 1 aliphatic rings. The molecule has 0 atom stereocenters. The lowest BCUT2D eigenvalue weighted by atomic mass is 9.90. The lowest BCUT2D eigenvalue weighted by molar-refractivity contribution is -0.000508. The van der Waals surface area contributed by atoms with Crippen LogP contribution in [0.1, 0.15) is 11.4 Å². The average molecular weight is 323 g/mol. The van der Waals surface area contributed by atoms with Crippen molar-refractivity contribution in [3.63, 3.8) is 0 Å². The molecule has 8 nitrogen and oxygen atoms in total. The lowest BCUT2D eigenvalue weighted by Crippen LogP contribution is -2.60. The maximum atomic E-state index is 10.7. The van der Waals surface area contributed by atoms with E-state index in [1.807, 2.05) is 36.1 Å². The molecule has 8 heteroatoms. The van der Waals surface area contributed by atoms with Gasteiger partial charge in [0.2, 0.25) is 0 Å². The minimum atomic E-state index is -0.956. The number of aliphatic hydroxyl groups is 1. The smallest absolute Gasteiger partial charge is 0.180 e. The van der Waals surface area contributed by atoms with Gasteiger partial charge in [0.15, 0.2) is 5.82 Å². The fraction of sp³-hybridized carbons (Fsp3) is 0.312. The van der Waals surface area contributed by atoms with Crippen LogP contribution in [0.25, 0.3) is 11.5 Å². The van der Waals surface area contributed by atoms with Crippen LogP contribution in [0, 0.1) is 6.92 Å². The van der Waals surface area contributed by atoms with Crippen LogP contribution in [-0.4, -0.2) is 48.1 Å². The van der Waals surface area contributed by atoms with Crippen molar-refractivity contribution in [2.45, 2.75) is 12.5 Å². The van der Waals surface area contributed by atoms with Gasteiger partial charge in [-0.25, -0.2) is 14.6 Å². The fourth-order valence-corrected chi connectivity index (χ4v) is 2.94. The van der Waals surface area contributed by atoms with Crippen molar-refractivity contribution in [3.05, 3.63) is 48.0 Å². The predicted molar refractivity (Wildman–Crippen MR) is 87.1 cm³/mol. The molecular formula is C16H17N7O. The Morgan fingerprint density at radius 3 is 2.71 bits per heavy atom. The highest BCUT2D eigenvalue weighted by molar-refractivity contribution is 5.55. The zero-order valence-electron chi connectivity index (χ0n) is 13.5. The van der Waals surface area contributed by atoms with Crippen LogP contribution in [0.5, 0.6) is 0 Å². The predicted octanol–water partition coefficient (Wildman–Crippen LogP) is 0.683. The Morgan fingerprint density at radius 1 is 1.21 bits per heavy atom. The van der Waals surface area contributed by atoms with E-state index in [0.717, 1.165) is 17.2 Å². The number of pyridine rings is 1. The Hall–Kier alpha value is -2.87. The molecule has 0 saturated carbocycles. The Balaban J connectivity index is 1.61. The van der Waals surface area contributed by atoms with E-state index >= 15 is 0 Å². The Bertz CT molecular complexity index is 871. The van der Waals surface area contributed by atoms with Gasteiger partial charge in [-0.2, -0.15) is 0 Å². The van der Waals surface area contributed by atoms with E-state index in [0.29, 0.717) is 24.6 Å². The van der Waals surface area contributed by atoms with Crippen LogP contribution >= 0.6 is 0 Å². The largest absolute Gasteiger partial charge is 0.380 e. The van der Waals surface area contributed by atoms with Gasteiger partial charge in [0.1, 0.15) is 17.1 Å². The van der Waals surface area contributed by atoms with Crippen LogP contribution < -0.4 is 4.90 Å². The monoisotopic (exact) mass is 323 g/mol. The van der Waals surface area contributed by atoms with Gasteiger partial charge in [0.05, 0.1) is 25.0 Å². The van der Waals surface area contributed by atoms with Crippen molar-refractivity contribution in [3.8, 4) is 11.5 Å². The molecule has 1 N–H and O–H groups in total. The SMILES string of the molecule is Cc1cc(N2CC(O)(c3cnnn3C)C2)nc(-c2ccccn2)n1. The summed E-state index contributed by atoms with van der Waals surface area (Å²) in [6.45, 7) is 2.80. The van der Waals surface area contributed by atoms with Gasteiger partial charge in [-0.3, -0.25) is 4.98 Å². The molecule has 4 heterocycles. The number of rotatable bonds is 3. The maximum Gasteiger partial charge on any atom is 0.180 e. The van der Waals surface area contributed by atoms with Crippen molar-refractivity contribution < 1.29 is 5.11 Å². The summed E-state index contributed by atoms with van der Waals surface area (Å²) in [4.78, 5) is 15.4. The first kappa shape index (κ1) is 14.7. The van der Waals surface area contributed by atoms with E-state index in [4.69, 9.17) is 0 Å². The number of hydrogen-bond donors (Lipinski definition) is 1. The normalized spacial score (nSPS) is 16.0. The summed E-state index contributed by atoms with van der Waals surface area (Å²) in [5.74, 6) is 1.37. The molecule has 0 spiro atoms. The van der Waals surface area contributed by atoms with E-state index in [2.05, 4.69) is 25.3 Å². The van der Waals surface area contributed by atoms with Crippen LogP contribution in [0.4, 0.5) is 5.82 Å². The quantitative estimate of drug-likeness (QED) is 0.757. The van der Waals surface area contributed by atoms with Crippen LogP contribution in [-0.2, 0) is 12.6 Å². The summed E-state index contributed by atoms with van der Waals surface area (Å²) in [5.41, 5.74) is 1.34. The number of aromatic nitrogens is 6. The van der Waals surface area contributed by atoms with Gasteiger partial charge in [0.25, 0.3) is 0 Å². The maximum absolute atomic E-state index is 10.7. The first-order chi connectivity index (χ1) is 11.5. The lowest BCUT2D eigenvalue weighted by Gasteiger charge is -2.46. The van der Waals surface area contributed by atoms with E-state index in [-0.39, 0.29) is 0 Å². The van der Waals surface area contributed by atoms with Crippen molar-refractivity contribution in [2.24, 2.45) is 7.05 Å². The molecule has 1 aliphatic heterocycles. The van der Waals surface area contributed by atoms with Crippen molar-refractivity contribution >= 4 is 5.82 Å². The zero-order valence-corrected chi connectivity index (χ0v) is 13.5. The minimum Gasteiger partial charge on any atom is -0.380 e. The second-order valence-corrected chi connectivity index (χ2v) is 6.04. The molecule has 3 aromatic rings. The Morgan fingerprint density at radius 2 is 2.04 bits per heavy atom. The highest BCUT2D eigenvalue weighted by Gasteiger charge is 2.45. The summed E-state index contributed by atoms with van der Waals surface area (Å²) in [6, 6.07) is 7.56. The Kier molecular flexibility index (Phi) is 3.27. The fourth-order valence-electron chi connectivity index (χ4n) is 2.94. The average Bonchev–Trinajstić information content (AvgIpc) is 2.99. The highest BCUT2D eigenvalue weighted by atomic mass is 16.3. The van der Waals surface area contributed by atoms with E-state index < -0.39 is 5.60 Å². The van der Waals surface area contributed by atoms with Crippen molar-refractivity contribution in [1.82, 2.24) is 29.9 Å². The number of aryl methyl sites for hydroxylation is 2. The standard InChI is InChI=1S/C16H17N7O/c1-11-7-14(20-15(19-11)12-5-3-4-6-17-12)23-9-16(24,10-23)13-8-18-21-22(13)2/h3-8,24H,9-10H2,1-2H3. The molecule has 0 bridgehead atoms. The number of hydrogen-bond acceptors (Lipinski definition) is 7. The van der Waals surface area contributed by atoms with Crippen LogP contribution in [0.15, 0.2) is 36.7 Å². The first-order valence-electron chi connectivity index (χ1n) is 7.65. The van der Waals surface area contributed by atoms with Gasteiger partial charge in [-0.05, 0) is 19.1 Å². The second kappa shape index (κ2) is 5.34. The molecule has 0 amide bonds. The zero-order chi connectivity index (χ0) is 16.7. The minimum absolute atomic E-state index is 0.437. The van der Waals surface area contributed by atoms with E-state index in [1.54, 1.807) is 24.1 Å². The molecule has 1 saturated heterocycles. The number of β-amino-alcohol motifs (C(OH)–C–C–N with tert-alkyl or cyclic N) is 1. The molecule has 3 aromatic heterocycles. The summed E-state index contributed by atoms with van der Waals surface area (Å²) in [7, 11) is 1.77. The van der Waals surface area contributed by atoms with Gasteiger partial charge in [-0.15, -0.1) is 5.10 Å². The van der Waals surface area contributed by atoms with Gasteiger partial charge >= 0.3 is 0 Å². The summed E-state index contributed by atoms with van der Waals surface area (Å²) < 4.78 is 1.60. The first-order valence-corrected chi connectivity index (χ1v) is 7.65. The summed E-state index contributed by atoms with van der Waals surface area (Å²) >= 11 is 0. The van der Waals surface area contributed by atoms with Crippen LogP contribution in [0.2, 0.25) is 0 Å². The summed E-state index contributed by atoms with van der Waals surface area (Å²) in [6.07, 6.45) is 3.32. The molecule has 122 valence electrons. The molecule has 0 radical (unpaired) electrons. The van der Waals surface area contributed by atoms with Crippen LogP contribution in [0.3, 0.4) is 0 Å². The molecule has 24 heavy (non-hydrogen) atoms. The van der Waals surface area contributed by atoms with E-state index in [1.165, 1.54) is 0 Å². The third kappa shape index (κ3) is 2.41. The molecule has 0 aliphatic carbocycles. The highest BCUT2D eigenvalue weighted by Crippen LogP contribution is 2.34. The molecular weight excluding hydrogens is 306 g/mol.